The summed E-state index contributed by atoms with van der Waals surface area (Å²) >= 11 is 2.04. The zero-order valence-corrected chi connectivity index (χ0v) is 13.4. The van der Waals surface area contributed by atoms with Crippen molar-refractivity contribution >= 4 is 28.5 Å². The molecule has 3 nitrogen and oxygen atoms in total. The van der Waals surface area contributed by atoms with Crippen LogP contribution in [0.25, 0.3) is 0 Å². The third kappa shape index (κ3) is 3.86. The third-order valence-corrected chi connectivity index (χ3v) is 3.90. The summed E-state index contributed by atoms with van der Waals surface area (Å²) in [5.41, 5.74) is 0.533. The van der Waals surface area contributed by atoms with Gasteiger partial charge >= 0.3 is 0 Å². The zero-order chi connectivity index (χ0) is 13.9. The number of phenolic OH excluding ortho intramolecular Hbond substituents is 1. The predicted octanol–water partition coefficient (Wildman–Crippen LogP) is 3.50. The number of hydrogen-bond donors (Lipinski definition) is 1. The van der Waals surface area contributed by atoms with E-state index in [4.69, 9.17) is 0 Å². The van der Waals surface area contributed by atoms with Crippen LogP contribution in [0.5, 0.6) is 5.75 Å². The first-order chi connectivity index (χ1) is 8.32. The molecule has 1 atom stereocenters. The van der Waals surface area contributed by atoms with E-state index in [2.05, 4.69) is 13.8 Å². The summed E-state index contributed by atoms with van der Waals surface area (Å²) in [4.78, 5) is 14.0. The van der Waals surface area contributed by atoms with E-state index in [0.717, 1.165) is 9.99 Å². The van der Waals surface area contributed by atoms with E-state index in [9.17, 15) is 9.90 Å². The van der Waals surface area contributed by atoms with E-state index in [0.29, 0.717) is 11.5 Å². The van der Waals surface area contributed by atoms with Gasteiger partial charge in [-0.05, 0) is 60.1 Å². The van der Waals surface area contributed by atoms with Crippen molar-refractivity contribution in [3.63, 3.8) is 0 Å². The maximum absolute atomic E-state index is 12.2. The minimum Gasteiger partial charge on any atom is -0.507 e. The topological polar surface area (TPSA) is 40.5 Å². The average molecular weight is 361 g/mol. The molecule has 0 radical (unpaired) electrons. The van der Waals surface area contributed by atoms with Gasteiger partial charge in [-0.2, -0.15) is 0 Å². The van der Waals surface area contributed by atoms with Gasteiger partial charge in [0.1, 0.15) is 5.75 Å². The average Bonchev–Trinajstić information content (AvgIpc) is 2.30. The second-order valence-corrected chi connectivity index (χ2v) is 6.22. The summed E-state index contributed by atoms with van der Waals surface area (Å²) in [6, 6.07) is 5.23. The van der Waals surface area contributed by atoms with Gasteiger partial charge in [-0.15, -0.1) is 0 Å². The van der Waals surface area contributed by atoms with Crippen molar-refractivity contribution in [2.75, 3.05) is 7.05 Å². The number of hydrogen-bond acceptors (Lipinski definition) is 2. The van der Waals surface area contributed by atoms with E-state index in [1.165, 1.54) is 6.07 Å². The summed E-state index contributed by atoms with van der Waals surface area (Å²) in [5, 5.41) is 9.64. The Balaban J connectivity index is 2.82. The minimum absolute atomic E-state index is 0.0464. The Morgan fingerprint density at radius 1 is 1.39 bits per heavy atom. The summed E-state index contributed by atoms with van der Waals surface area (Å²) < 4.78 is 0.752. The van der Waals surface area contributed by atoms with E-state index in [1.54, 1.807) is 17.0 Å². The lowest BCUT2D eigenvalue weighted by atomic mass is 10.0. The number of benzene rings is 1. The number of aromatic hydroxyl groups is 1. The van der Waals surface area contributed by atoms with Crippen molar-refractivity contribution < 1.29 is 9.90 Å². The molecule has 100 valence electrons. The Morgan fingerprint density at radius 2 is 2.00 bits per heavy atom. The van der Waals surface area contributed by atoms with Gasteiger partial charge < -0.3 is 10.0 Å². The summed E-state index contributed by atoms with van der Waals surface area (Å²) in [7, 11) is 1.81. The van der Waals surface area contributed by atoms with Crippen LogP contribution >= 0.6 is 22.6 Å². The number of phenols is 1. The van der Waals surface area contributed by atoms with Crippen LogP contribution < -0.4 is 0 Å². The molecule has 0 aliphatic rings. The molecule has 4 heteroatoms. The highest BCUT2D eigenvalue weighted by molar-refractivity contribution is 14.1. The van der Waals surface area contributed by atoms with Crippen LogP contribution in [0.4, 0.5) is 0 Å². The van der Waals surface area contributed by atoms with Crippen LogP contribution in [0.15, 0.2) is 18.2 Å². The van der Waals surface area contributed by atoms with Crippen molar-refractivity contribution in [2.45, 2.75) is 33.2 Å². The SMILES string of the molecule is CC(C)CC(C)N(C)C(=O)c1ccc(I)c(O)c1. The lowest BCUT2D eigenvalue weighted by Crippen LogP contribution is -2.35. The van der Waals surface area contributed by atoms with Crippen molar-refractivity contribution in [1.29, 1.82) is 0 Å². The number of carbonyl (C=O) groups is 1. The number of carbonyl (C=O) groups excluding carboxylic acids is 1. The van der Waals surface area contributed by atoms with Crippen LogP contribution in [0.1, 0.15) is 37.6 Å². The van der Waals surface area contributed by atoms with Crippen molar-refractivity contribution in [3.8, 4) is 5.75 Å². The molecule has 1 rings (SSSR count). The molecule has 0 bridgehead atoms. The van der Waals surface area contributed by atoms with E-state index in [-0.39, 0.29) is 17.7 Å². The van der Waals surface area contributed by atoms with Crippen molar-refractivity contribution in [1.82, 2.24) is 4.90 Å². The Hall–Kier alpha value is -0.780. The van der Waals surface area contributed by atoms with Gasteiger partial charge in [0, 0.05) is 18.7 Å². The number of halogens is 1. The fourth-order valence-corrected chi connectivity index (χ4v) is 2.23. The maximum atomic E-state index is 12.2. The lowest BCUT2D eigenvalue weighted by molar-refractivity contribution is 0.0728. The van der Waals surface area contributed by atoms with Crippen LogP contribution in [0.2, 0.25) is 0 Å². The fraction of sp³-hybridized carbons (Fsp3) is 0.500. The van der Waals surface area contributed by atoms with Gasteiger partial charge in [-0.25, -0.2) is 0 Å². The standard InChI is InChI=1S/C14H20INO2/c1-9(2)7-10(3)16(4)14(18)11-5-6-12(15)13(17)8-11/h5-6,8-10,17H,7H2,1-4H3. The van der Waals surface area contributed by atoms with Crippen LogP contribution in [-0.2, 0) is 0 Å². The molecular formula is C14H20INO2. The highest BCUT2D eigenvalue weighted by atomic mass is 127. The first kappa shape index (κ1) is 15.3. The molecule has 0 aliphatic carbocycles. The third-order valence-electron chi connectivity index (χ3n) is 2.99. The molecule has 18 heavy (non-hydrogen) atoms. The first-order valence-electron chi connectivity index (χ1n) is 6.08. The Bertz CT molecular complexity index is 432. The number of amides is 1. The van der Waals surface area contributed by atoms with Gasteiger partial charge in [0.2, 0.25) is 0 Å². The van der Waals surface area contributed by atoms with E-state index in [1.807, 2.05) is 36.6 Å². The molecule has 1 unspecified atom stereocenters. The van der Waals surface area contributed by atoms with Crippen LogP contribution in [-0.4, -0.2) is 29.0 Å². The van der Waals surface area contributed by atoms with Gasteiger partial charge in [0.25, 0.3) is 5.91 Å². The van der Waals surface area contributed by atoms with E-state index < -0.39 is 0 Å². The molecule has 1 aromatic rings. The van der Waals surface area contributed by atoms with Gasteiger partial charge in [-0.1, -0.05) is 13.8 Å². The summed E-state index contributed by atoms with van der Waals surface area (Å²) in [6.07, 6.45) is 0.971. The highest BCUT2D eigenvalue weighted by Gasteiger charge is 2.18. The molecule has 0 fully saturated rings. The molecule has 0 saturated heterocycles. The summed E-state index contributed by atoms with van der Waals surface area (Å²) in [6.45, 7) is 6.33. The van der Waals surface area contributed by atoms with Gasteiger partial charge in [-0.3, -0.25) is 4.79 Å². The normalized spacial score (nSPS) is 12.6. The molecule has 0 heterocycles. The summed E-state index contributed by atoms with van der Waals surface area (Å²) in [5.74, 6) is 0.668. The maximum Gasteiger partial charge on any atom is 0.253 e. The molecule has 0 aliphatic heterocycles. The largest absolute Gasteiger partial charge is 0.507 e. The highest BCUT2D eigenvalue weighted by Crippen LogP contribution is 2.22. The molecule has 0 aromatic heterocycles. The smallest absolute Gasteiger partial charge is 0.253 e. The van der Waals surface area contributed by atoms with Gasteiger partial charge in [0.15, 0.2) is 0 Å². The van der Waals surface area contributed by atoms with Crippen molar-refractivity contribution in [3.05, 3.63) is 27.3 Å². The molecule has 0 saturated carbocycles. The minimum atomic E-state index is -0.0464. The monoisotopic (exact) mass is 361 g/mol. The number of rotatable bonds is 4. The molecular weight excluding hydrogens is 341 g/mol. The molecule has 1 N–H and O–H groups in total. The Kier molecular flexibility index (Phi) is 5.44. The number of nitrogens with zero attached hydrogens (tertiary/aromatic N) is 1. The second-order valence-electron chi connectivity index (χ2n) is 5.06. The Labute approximate surface area is 122 Å². The molecule has 1 amide bonds. The predicted molar refractivity (Wildman–Crippen MR) is 81.8 cm³/mol. The molecule has 1 aromatic carbocycles. The van der Waals surface area contributed by atoms with Crippen molar-refractivity contribution in [2.24, 2.45) is 5.92 Å². The van der Waals surface area contributed by atoms with Gasteiger partial charge in [0.05, 0.1) is 3.57 Å². The Morgan fingerprint density at radius 3 is 2.50 bits per heavy atom. The first-order valence-corrected chi connectivity index (χ1v) is 7.16. The fourth-order valence-electron chi connectivity index (χ4n) is 1.89. The molecule has 0 spiro atoms. The quantitative estimate of drug-likeness (QED) is 0.834. The van der Waals surface area contributed by atoms with Crippen LogP contribution in [0.3, 0.4) is 0 Å². The zero-order valence-electron chi connectivity index (χ0n) is 11.3. The van der Waals surface area contributed by atoms with E-state index >= 15 is 0 Å². The second kappa shape index (κ2) is 6.41. The van der Waals surface area contributed by atoms with Crippen LogP contribution in [0, 0.1) is 9.49 Å². The lowest BCUT2D eigenvalue weighted by Gasteiger charge is -2.26.